The van der Waals surface area contributed by atoms with Crippen LogP contribution >= 0.6 is 12.4 Å². The van der Waals surface area contributed by atoms with E-state index in [1.807, 2.05) is 48.5 Å². The van der Waals surface area contributed by atoms with Gasteiger partial charge in [0.15, 0.2) is 0 Å². The second kappa shape index (κ2) is 12.5. The number of carboxylic acids is 1. The number of methoxy groups -OCH3 is 1. The van der Waals surface area contributed by atoms with Gasteiger partial charge >= 0.3 is 5.97 Å². The summed E-state index contributed by atoms with van der Waals surface area (Å²) in [6, 6.07) is 24.3. The molecule has 7 heteroatoms. The minimum Gasteiger partial charge on any atom is -0.491 e. The molecular weight excluding hydrogens is 481 g/mol. The molecule has 188 valence electrons. The molecule has 0 radical (unpaired) electrons. The first-order chi connectivity index (χ1) is 17.0. The maximum absolute atomic E-state index is 14.0. The lowest BCUT2D eigenvalue weighted by molar-refractivity contribution is 0.0692. The van der Waals surface area contributed by atoms with E-state index in [2.05, 4.69) is 24.4 Å². The highest BCUT2D eigenvalue weighted by Crippen LogP contribution is 2.32. The Labute approximate surface area is 216 Å². The fourth-order valence-electron chi connectivity index (χ4n) is 4.08. The fourth-order valence-corrected chi connectivity index (χ4v) is 4.08. The highest BCUT2D eigenvalue weighted by Gasteiger charge is 2.14. The first kappa shape index (κ1) is 27.1. The van der Waals surface area contributed by atoms with Crippen molar-refractivity contribution in [2.45, 2.75) is 19.5 Å². The second-order valence-corrected chi connectivity index (χ2v) is 8.38. The molecule has 1 atom stereocenters. The minimum absolute atomic E-state index is 0. The number of nitrogens with one attached hydrogen (secondary N) is 1. The van der Waals surface area contributed by atoms with E-state index < -0.39 is 11.8 Å². The Balaban J connectivity index is 0.00000361. The second-order valence-electron chi connectivity index (χ2n) is 8.38. The van der Waals surface area contributed by atoms with Crippen LogP contribution in [-0.2, 0) is 11.3 Å². The highest BCUT2D eigenvalue weighted by atomic mass is 35.5. The number of carbonyl (C=O) groups is 1. The zero-order valence-electron chi connectivity index (χ0n) is 20.2. The monoisotopic (exact) mass is 509 g/mol. The number of benzene rings is 4. The molecule has 0 aliphatic rings. The van der Waals surface area contributed by atoms with Crippen molar-refractivity contribution >= 4 is 29.1 Å². The van der Waals surface area contributed by atoms with Gasteiger partial charge in [-0.05, 0) is 76.3 Å². The van der Waals surface area contributed by atoms with Crippen molar-refractivity contribution in [2.24, 2.45) is 0 Å². The van der Waals surface area contributed by atoms with Gasteiger partial charge in [0.1, 0.15) is 18.2 Å². The maximum atomic E-state index is 14.0. The summed E-state index contributed by atoms with van der Waals surface area (Å²) in [6.07, 6.45) is 0. The molecule has 0 aromatic heterocycles. The topological polar surface area (TPSA) is 67.8 Å². The molecule has 0 saturated heterocycles. The molecule has 2 N–H and O–H groups in total. The lowest BCUT2D eigenvalue weighted by Gasteiger charge is -2.17. The summed E-state index contributed by atoms with van der Waals surface area (Å²) in [5, 5.41) is 14.9. The van der Waals surface area contributed by atoms with Crippen molar-refractivity contribution in [3.63, 3.8) is 0 Å². The van der Waals surface area contributed by atoms with Crippen LogP contribution in [0.1, 0.15) is 34.5 Å². The standard InChI is InChI=1S/C29H28FNO4.ClH/c1-19(21-7-5-8-24(16-21)35-13-12-34-2)31-18-20-14-22-6-3-4-9-25(22)26(15-20)23-10-11-28(30)27(17-23)29(32)33;/h3-11,14-17,19,31H,12-13,18H2,1-2H3,(H,32,33);1H. The van der Waals surface area contributed by atoms with Gasteiger partial charge in [-0.2, -0.15) is 0 Å². The SMILES string of the molecule is COCCOc1cccc(C(C)NCc2cc(-c3ccc(F)c(C(=O)O)c3)c3ccccc3c2)c1.Cl. The van der Waals surface area contributed by atoms with Crippen molar-refractivity contribution in [3.8, 4) is 16.9 Å². The van der Waals surface area contributed by atoms with Crippen LogP contribution in [0.3, 0.4) is 0 Å². The normalized spacial score (nSPS) is 11.6. The van der Waals surface area contributed by atoms with E-state index in [0.717, 1.165) is 33.2 Å². The maximum Gasteiger partial charge on any atom is 0.338 e. The van der Waals surface area contributed by atoms with Crippen LogP contribution in [0.15, 0.2) is 78.9 Å². The van der Waals surface area contributed by atoms with E-state index in [9.17, 15) is 14.3 Å². The smallest absolute Gasteiger partial charge is 0.338 e. The molecule has 0 fully saturated rings. The number of halogens is 2. The predicted octanol–water partition coefficient (Wildman–Crippen LogP) is 6.64. The summed E-state index contributed by atoms with van der Waals surface area (Å²) in [5.41, 5.74) is 3.33. The number of ether oxygens (including phenoxy) is 2. The molecule has 4 rings (SSSR count). The van der Waals surface area contributed by atoms with E-state index in [-0.39, 0.29) is 24.0 Å². The van der Waals surface area contributed by atoms with E-state index >= 15 is 0 Å². The summed E-state index contributed by atoms with van der Waals surface area (Å²) in [4.78, 5) is 11.5. The zero-order valence-corrected chi connectivity index (χ0v) is 21.0. The van der Waals surface area contributed by atoms with E-state index in [1.165, 1.54) is 12.1 Å². The molecule has 1 unspecified atom stereocenters. The van der Waals surface area contributed by atoms with Crippen LogP contribution in [-0.4, -0.2) is 31.4 Å². The Morgan fingerprint density at radius 2 is 1.81 bits per heavy atom. The number of hydrogen-bond acceptors (Lipinski definition) is 4. The molecule has 0 aliphatic heterocycles. The van der Waals surface area contributed by atoms with Crippen LogP contribution < -0.4 is 10.1 Å². The molecule has 4 aromatic rings. The Bertz CT molecular complexity index is 1340. The average Bonchev–Trinajstić information content (AvgIpc) is 2.87. The van der Waals surface area contributed by atoms with Crippen LogP contribution in [0.5, 0.6) is 5.75 Å². The largest absolute Gasteiger partial charge is 0.491 e. The Hall–Kier alpha value is -3.45. The Morgan fingerprint density at radius 1 is 1.00 bits per heavy atom. The van der Waals surface area contributed by atoms with Gasteiger partial charge in [0.05, 0.1) is 12.2 Å². The number of fused-ring (bicyclic) bond motifs is 1. The number of carboxylic acid groups (broad SMARTS) is 1. The third-order valence-electron chi connectivity index (χ3n) is 5.96. The predicted molar refractivity (Wildman–Crippen MR) is 143 cm³/mol. The van der Waals surface area contributed by atoms with Crippen LogP contribution in [0.4, 0.5) is 4.39 Å². The van der Waals surface area contributed by atoms with Crippen molar-refractivity contribution in [3.05, 3.63) is 101 Å². The van der Waals surface area contributed by atoms with Gasteiger partial charge in [-0.15, -0.1) is 12.4 Å². The number of rotatable bonds is 10. The number of aromatic carboxylic acids is 1. The average molecular weight is 510 g/mol. The van der Waals surface area contributed by atoms with Gasteiger partial charge in [-0.3, -0.25) is 0 Å². The molecule has 0 amide bonds. The minimum atomic E-state index is -1.28. The van der Waals surface area contributed by atoms with Crippen LogP contribution in [0.25, 0.3) is 21.9 Å². The molecule has 0 heterocycles. The van der Waals surface area contributed by atoms with Gasteiger partial charge in [-0.1, -0.05) is 42.5 Å². The number of hydrogen-bond donors (Lipinski definition) is 2. The summed E-state index contributed by atoms with van der Waals surface area (Å²) >= 11 is 0. The van der Waals surface area contributed by atoms with Crippen LogP contribution in [0.2, 0.25) is 0 Å². The van der Waals surface area contributed by atoms with E-state index in [1.54, 1.807) is 13.2 Å². The van der Waals surface area contributed by atoms with E-state index in [0.29, 0.717) is 25.3 Å². The molecular formula is C29H29ClFNO4. The summed E-state index contributed by atoms with van der Waals surface area (Å²) in [7, 11) is 1.64. The van der Waals surface area contributed by atoms with Gasteiger partial charge in [0.25, 0.3) is 0 Å². The molecule has 5 nitrogen and oxygen atoms in total. The molecule has 0 saturated carbocycles. The van der Waals surface area contributed by atoms with Crippen molar-refractivity contribution in [2.75, 3.05) is 20.3 Å². The molecule has 0 aliphatic carbocycles. The first-order valence-corrected chi connectivity index (χ1v) is 11.5. The van der Waals surface area contributed by atoms with Crippen molar-refractivity contribution < 1.29 is 23.8 Å². The van der Waals surface area contributed by atoms with Crippen molar-refractivity contribution in [1.29, 1.82) is 0 Å². The Morgan fingerprint density at radius 3 is 2.58 bits per heavy atom. The van der Waals surface area contributed by atoms with Gasteiger partial charge in [0.2, 0.25) is 0 Å². The van der Waals surface area contributed by atoms with E-state index in [4.69, 9.17) is 9.47 Å². The highest BCUT2D eigenvalue weighted by molar-refractivity contribution is 5.99. The lowest BCUT2D eigenvalue weighted by atomic mass is 9.94. The molecule has 0 bridgehead atoms. The summed E-state index contributed by atoms with van der Waals surface area (Å²) in [6.45, 7) is 3.72. The Kier molecular flexibility index (Phi) is 9.42. The fraction of sp³-hybridized carbons (Fsp3) is 0.207. The zero-order chi connectivity index (χ0) is 24.8. The lowest BCUT2D eigenvalue weighted by Crippen LogP contribution is -2.18. The van der Waals surface area contributed by atoms with Gasteiger partial charge in [-0.25, -0.2) is 9.18 Å². The molecule has 4 aromatic carbocycles. The van der Waals surface area contributed by atoms with Gasteiger partial charge < -0.3 is 19.9 Å². The third-order valence-corrected chi connectivity index (χ3v) is 5.96. The van der Waals surface area contributed by atoms with Crippen molar-refractivity contribution in [1.82, 2.24) is 5.32 Å². The molecule has 36 heavy (non-hydrogen) atoms. The summed E-state index contributed by atoms with van der Waals surface area (Å²) in [5.74, 6) is -1.23. The molecule has 0 spiro atoms. The first-order valence-electron chi connectivity index (χ1n) is 11.5. The third kappa shape index (κ3) is 6.40. The van der Waals surface area contributed by atoms with Gasteiger partial charge in [0, 0.05) is 19.7 Å². The summed E-state index contributed by atoms with van der Waals surface area (Å²) < 4.78 is 24.8. The quantitative estimate of drug-likeness (QED) is 0.234. The van der Waals surface area contributed by atoms with Crippen LogP contribution in [0, 0.1) is 5.82 Å².